The van der Waals surface area contributed by atoms with Crippen molar-refractivity contribution in [3.63, 3.8) is 0 Å². The van der Waals surface area contributed by atoms with Crippen LogP contribution in [0.25, 0.3) is 0 Å². The molecule has 1 unspecified atom stereocenters. The quantitative estimate of drug-likeness (QED) is 0.0436. The zero-order chi connectivity index (χ0) is 32.2. The number of carbonyl (C=O) groups is 2. The molecule has 0 aromatic heterocycles. The van der Waals surface area contributed by atoms with Crippen LogP contribution in [0.5, 0.6) is 0 Å². The molecule has 0 aromatic carbocycles. The minimum Gasteiger partial charge on any atom is -0.481 e. The summed E-state index contributed by atoms with van der Waals surface area (Å²) in [6.45, 7) is 4.52. The topological polar surface area (TPSA) is 63.6 Å². The van der Waals surface area contributed by atoms with Crippen LogP contribution in [0, 0.1) is 0 Å². The zero-order valence-corrected chi connectivity index (χ0v) is 29.5. The molecule has 0 rings (SSSR count). The lowest BCUT2D eigenvalue weighted by Crippen LogP contribution is -2.18. The van der Waals surface area contributed by atoms with Crippen LogP contribution in [0.3, 0.4) is 0 Å². The van der Waals surface area contributed by atoms with Crippen molar-refractivity contribution in [3.8, 4) is 0 Å². The first-order valence-electron chi connectivity index (χ1n) is 19.3. The SMILES string of the molecule is CCCCC/C=C\C/C=C\CCCCCCCC(=O)OC(CCCCCCCCCCCCC)CCCCCCCC(=O)O. The van der Waals surface area contributed by atoms with Crippen molar-refractivity contribution >= 4 is 11.9 Å². The van der Waals surface area contributed by atoms with Crippen LogP contribution in [-0.4, -0.2) is 23.1 Å². The van der Waals surface area contributed by atoms with Gasteiger partial charge in [-0.15, -0.1) is 0 Å². The number of ether oxygens (including phenoxy) is 1. The first kappa shape index (κ1) is 42.4. The lowest BCUT2D eigenvalue weighted by Gasteiger charge is -2.18. The molecule has 0 amide bonds. The zero-order valence-electron chi connectivity index (χ0n) is 29.5. The van der Waals surface area contributed by atoms with Crippen LogP contribution >= 0.6 is 0 Å². The maximum Gasteiger partial charge on any atom is 0.306 e. The number of allylic oxidation sites excluding steroid dienone is 4. The molecule has 0 aliphatic rings. The van der Waals surface area contributed by atoms with E-state index >= 15 is 0 Å². The largest absolute Gasteiger partial charge is 0.481 e. The Hall–Kier alpha value is -1.58. The summed E-state index contributed by atoms with van der Waals surface area (Å²) in [4.78, 5) is 23.3. The second kappa shape index (κ2) is 35.9. The highest BCUT2D eigenvalue weighted by atomic mass is 16.5. The maximum atomic E-state index is 12.6. The minimum absolute atomic E-state index is 0.00906. The molecule has 0 aromatic rings. The van der Waals surface area contributed by atoms with Crippen LogP contribution < -0.4 is 0 Å². The minimum atomic E-state index is -0.701. The van der Waals surface area contributed by atoms with Crippen molar-refractivity contribution in [2.75, 3.05) is 0 Å². The number of hydrogen-bond acceptors (Lipinski definition) is 3. The van der Waals surface area contributed by atoms with Gasteiger partial charge in [-0.25, -0.2) is 0 Å². The molecule has 0 spiro atoms. The van der Waals surface area contributed by atoms with Crippen molar-refractivity contribution in [2.24, 2.45) is 0 Å². The van der Waals surface area contributed by atoms with E-state index in [0.717, 1.165) is 77.0 Å². The molecule has 0 saturated heterocycles. The molecule has 0 saturated carbocycles. The number of unbranched alkanes of at least 4 members (excludes halogenated alkanes) is 22. The van der Waals surface area contributed by atoms with Gasteiger partial charge in [-0.1, -0.05) is 154 Å². The number of hydrogen-bond donors (Lipinski definition) is 1. The second-order valence-electron chi connectivity index (χ2n) is 13.1. The Morgan fingerprint density at radius 1 is 0.500 bits per heavy atom. The summed E-state index contributed by atoms with van der Waals surface area (Å²) in [5.74, 6) is -0.710. The summed E-state index contributed by atoms with van der Waals surface area (Å²) in [6.07, 6.45) is 44.7. The molecular weight excluding hydrogens is 544 g/mol. The van der Waals surface area contributed by atoms with Gasteiger partial charge in [0.25, 0.3) is 0 Å². The van der Waals surface area contributed by atoms with Gasteiger partial charge in [0.15, 0.2) is 0 Å². The number of carbonyl (C=O) groups excluding carboxylic acids is 1. The average molecular weight is 619 g/mol. The number of carboxylic acid groups (broad SMARTS) is 1. The molecule has 44 heavy (non-hydrogen) atoms. The molecule has 258 valence electrons. The third-order valence-corrected chi connectivity index (χ3v) is 8.68. The Morgan fingerprint density at radius 2 is 0.886 bits per heavy atom. The van der Waals surface area contributed by atoms with Crippen LogP contribution in [-0.2, 0) is 14.3 Å². The van der Waals surface area contributed by atoms with Crippen molar-refractivity contribution < 1.29 is 19.4 Å². The average Bonchev–Trinajstić information content (AvgIpc) is 3.00. The van der Waals surface area contributed by atoms with E-state index in [0.29, 0.717) is 6.42 Å². The number of esters is 1. The monoisotopic (exact) mass is 619 g/mol. The lowest BCUT2D eigenvalue weighted by atomic mass is 10.0. The van der Waals surface area contributed by atoms with E-state index in [1.54, 1.807) is 0 Å². The van der Waals surface area contributed by atoms with Gasteiger partial charge < -0.3 is 9.84 Å². The van der Waals surface area contributed by atoms with Crippen molar-refractivity contribution in [3.05, 3.63) is 24.3 Å². The summed E-state index contributed by atoms with van der Waals surface area (Å²) < 4.78 is 5.99. The maximum absolute atomic E-state index is 12.6. The van der Waals surface area contributed by atoms with Crippen LogP contribution in [0.1, 0.15) is 213 Å². The molecule has 0 aliphatic carbocycles. The third-order valence-electron chi connectivity index (χ3n) is 8.68. The van der Waals surface area contributed by atoms with Crippen LogP contribution in [0.15, 0.2) is 24.3 Å². The van der Waals surface area contributed by atoms with E-state index in [1.165, 1.54) is 109 Å². The van der Waals surface area contributed by atoms with Crippen molar-refractivity contribution in [2.45, 2.75) is 219 Å². The van der Waals surface area contributed by atoms with E-state index in [2.05, 4.69) is 38.2 Å². The Kier molecular flexibility index (Phi) is 34.6. The van der Waals surface area contributed by atoms with Crippen molar-refractivity contribution in [1.82, 2.24) is 0 Å². The fourth-order valence-corrected chi connectivity index (χ4v) is 5.80. The summed E-state index contributed by atoms with van der Waals surface area (Å²) in [6, 6.07) is 0. The molecule has 0 radical (unpaired) electrons. The smallest absolute Gasteiger partial charge is 0.306 e. The van der Waals surface area contributed by atoms with E-state index in [1.807, 2.05) is 0 Å². The van der Waals surface area contributed by atoms with E-state index < -0.39 is 5.97 Å². The predicted molar refractivity (Wildman–Crippen MR) is 190 cm³/mol. The van der Waals surface area contributed by atoms with Gasteiger partial charge in [0.05, 0.1) is 0 Å². The fraction of sp³-hybridized carbons (Fsp3) is 0.850. The standard InChI is InChI=1S/C40H74O4/c1-3-5-7-9-11-13-15-16-17-18-20-22-24-29-33-37-40(43)44-38(35-31-27-25-28-32-36-39(41)42)34-30-26-23-21-19-14-12-10-8-6-4-2/h11,13,16-17,38H,3-10,12,14-15,18-37H2,1-2H3,(H,41,42)/b13-11-,17-16-. The first-order chi connectivity index (χ1) is 21.6. The normalized spacial score (nSPS) is 12.4. The Bertz CT molecular complexity index is 668. The summed E-state index contributed by atoms with van der Waals surface area (Å²) >= 11 is 0. The predicted octanol–water partition coefficient (Wildman–Crippen LogP) is 13.2. The Balaban J connectivity index is 4.05. The summed E-state index contributed by atoms with van der Waals surface area (Å²) in [5, 5.41) is 8.81. The van der Waals surface area contributed by atoms with Gasteiger partial charge >= 0.3 is 11.9 Å². The molecule has 0 heterocycles. The van der Waals surface area contributed by atoms with Crippen LogP contribution in [0.2, 0.25) is 0 Å². The third kappa shape index (κ3) is 34.9. The highest BCUT2D eigenvalue weighted by molar-refractivity contribution is 5.69. The van der Waals surface area contributed by atoms with Gasteiger partial charge in [0, 0.05) is 12.8 Å². The van der Waals surface area contributed by atoms with Crippen LogP contribution in [0.4, 0.5) is 0 Å². The summed E-state index contributed by atoms with van der Waals surface area (Å²) in [5.41, 5.74) is 0. The van der Waals surface area contributed by atoms with Gasteiger partial charge in [-0.2, -0.15) is 0 Å². The van der Waals surface area contributed by atoms with Gasteiger partial charge in [0.1, 0.15) is 6.10 Å². The number of carboxylic acids is 1. The van der Waals surface area contributed by atoms with E-state index in [-0.39, 0.29) is 18.5 Å². The second-order valence-corrected chi connectivity index (χ2v) is 13.1. The Morgan fingerprint density at radius 3 is 1.39 bits per heavy atom. The fourth-order valence-electron chi connectivity index (χ4n) is 5.80. The van der Waals surface area contributed by atoms with Crippen molar-refractivity contribution in [1.29, 1.82) is 0 Å². The van der Waals surface area contributed by atoms with Gasteiger partial charge in [0.2, 0.25) is 0 Å². The van der Waals surface area contributed by atoms with Gasteiger partial charge in [-0.3, -0.25) is 9.59 Å². The van der Waals surface area contributed by atoms with E-state index in [4.69, 9.17) is 9.84 Å². The highest BCUT2D eigenvalue weighted by Crippen LogP contribution is 2.19. The van der Waals surface area contributed by atoms with Gasteiger partial charge in [-0.05, 0) is 70.6 Å². The molecule has 4 heteroatoms. The molecule has 1 atom stereocenters. The summed E-state index contributed by atoms with van der Waals surface area (Å²) in [7, 11) is 0. The molecular formula is C40H74O4. The number of aliphatic carboxylic acids is 1. The Labute approximate surface area is 274 Å². The number of rotatable bonds is 35. The molecule has 4 nitrogen and oxygen atoms in total. The van der Waals surface area contributed by atoms with E-state index in [9.17, 15) is 9.59 Å². The molecule has 1 N–H and O–H groups in total. The molecule has 0 fully saturated rings. The molecule has 0 aliphatic heterocycles. The highest BCUT2D eigenvalue weighted by Gasteiger charge is 2.14. The first-order valence-corrected chi connectivity index (χ1v) is 19.3. The lowest BCUT2D eigenvalue weighted by molar-refractivity contribution is -0.150. The molecule has 0 bridgehead atoms.